The van der Waals surface area contributed by atoms with Crippen LogP contribution in [0.15, 0.2) is 76.6 Å². The lowest BCUT2D eigenvalue weighted by Gasteiger charge is -2.42. The zero-order chi connectivity index (χ0) is 27.4. The first-order valence-corrected chi connectivity index (χ1v) is 14.3. The van der Waals surface area contributed by atoms with Gasteiger partial charge in [0.05, 0.1) is 12.0 Å². The second kappa shape index (κ2) is 11.3. The highest BCUT2D eigenvalue weighted by Crippen LogP contribution is 2.30. The van der Waals surface area contributed by atoms with Gasteiger partial charge in [-0.2, -0.15) is 0 Å². The van der Waals surface area contributed by atoms with Crippen molar-refractivity contribution >= 4 is 15.9 Å². The van der Waals surface area contributed by atoms with E-state index < -0.39 is 15.9 Å². The molecule has 0 unspecified atom stereocenters. The lowest BCUT2D eigenvalue weighted by molar-refractivity contribution is 0.0259. The molecule has 0 N–H and O–H groups in total. The van der Waals surface area contributed by atoms with Crippen LogP contribution < -0.4 is 19.8 Å². The van der Waals surface area contributed by atoms with Gasteiger partial charge in [0.25, 0.3) is 5.56 Å². The van der Waals surface area contributed by atoms with Crippen molar-refractivity contribution in [1.29, 1.82) is 0 Å². The Balaban J connectivity index is 1.42. The molecule has 0 aliphatic carbocycles. The monoisotopic (exact) mass is 540 g/mol. The summed E-state index contributed by atoms with van der Waals surface area (Å²) in [5, 5.41) is 0. The second-order valence-electron chi connectivity index (χ2n) is 9.41. The van der Waals surface area contributed by atoms with Gasteiger partial charge in [0.2, 0.25) is 0 Å². The molecule has 1 saturated heterocycles. The van der Waals surface area contributed by atoms with Crippen LogP contribution in [-0.2, 0) is 9.84 Å². The molecule has 3 atom stereocenters. The van der Waals surface area contributed by atoms with Gasteiger partial charge < -0.3 is 19.1 Å². The first-order valence-electron chi connectivity index (χ1n) is 12.4. The molecule has 0 bridgehead atoms. The molecular formula is C28H32N2O7S. The van der Waals surface area contributed by atoms with Crippen LogP contribution in [0.5, 0.6) is 17.2 Å². The fourth-order valence-corrected chi connectivity index (χ4v) is 5.38. The third kappa shape index (κ3) is 6.19. The summed E-state index contributed by atoms with van der Waals surface area (Å²) in [4.78, 5) is 27.8. The molecule has 0 radical (unpaired) electrons. The molecule has 4 rings (SSSR count). The highest BCUT2D eigenvalue weighted by Gasteiger charge is 2.37. The van der Waals surface area contributed by atoms with Crippen molar-refractivity contribution in [3.8, 4) is 22.9 Å². The van der Waals surface area contributed by atoms with Crippen LogP contribution in [0, 0.1) is 0 Å². The number of piperidine rings is 1. The van der Waals surface area contributed by atoms with Gasteiger partial charge in [0, 0.05) is 49.1 Å². The number of ether oxygens (including phenoxy) is 3. The summed E-state index contributed by atoms with van der Waals surface area (Å²) in [6.07, 6.45) is 4.08. The summed E-state index contributed by atoms with van der Waals surface area (Å²) in [6.45, 7) is 3.98. The van der Waals surface area contributed by atoms with E-state index in [-0.39, 0.29) is 28.6 Å². The van der Waals surface area contributed by atoms with Gasteiger partial charge in [-0.05, 0) is 67.9 Å². The lowest BCUT2D eigenvalue weighted by Crippen LogP contribution is -2.54. The van der Waals surface area contributed by atoms with Gasteiger partial charge in [-0.15, -0.1) is 0 Å². The van der Waals surface area contributed by atoms with E-state index in [2.05, 4.69) is 0 Å². The number of methoxy groups -OCH3 is 1. The van der Waals surface area contributed by atoms with Crippen LogP contribution in [0.25, 0.3) is 5.69 Å². The number of benzene rings is 2. The van der Waals surface area contributed by atoms with Gasteiger partial charge >= 0.3 is 6.09 Å². The molecule has 1 fully saturated rings. The first kappa shape index (κ1) is 27.3. The number of pyridine rings is 1. The molecule has 9 nitrogen and oxygen atoms in total. The predicted molar refractivity (Wildman–Crippen MR) is 143 cm³/mol. The number of hydrogen-bond acceptors (Lipinski definition) is 7. The molecule has 1 amide bonds. The van der Waals surface area contributed by atoms with Crippen LogP contribution in [-0.4, -0.2) is 55.5 Å². The molecule has 0 spiro atoms. The van der Waals surface area contributed by atoms with Crippen molar-refractivity contribution in [2.24, 2.45) is 0 Å². The number of carbonyl (C=O) groups excluding carboxylic acids is 1. The van der Waals surface area contributed by atoms with Gasteiger partial charge in [-0.1, -0.05) is 6.92 Å². The van der Waals surface area contributed by atoms with E-state index in [4.69, 9.17) is 14.2 Å². The Morgan fingerprint density at radius 1 is 0.974 bits per heavy atom. The van der Waals surface area contributed by atoms with Crippen molar-refractivity contribution in [3.63, 3.8) is 0 Å². The smallest absolute Gasteiger partial charge is 0.415 e. The van der Waals surface area contributed by atoms with Crippen molar-refractivity contribution in [2.45, 2.75) is 56.2 Å². The third-order valence-corrected chi connectivity index (χ3v) is 7.82. The normalized spacial score (nSPS) is 19.6. The van der Waals surface area contributed by atoms with Gasteiger partial charge in [-0.25, -0.2) is 13.2 Å². The summed E-state index contributed by atoms with van der Waals surface area (Å²) in [7, 11) is -1.74. The van der Waals surface area contributed by atoms with E-state index >= 15 is 0 Å². The van der Waals surface area contributed by atoms with Gasteiger partial charge in [-0.3, -0.25) is 9.36 Å². The maximum absolute atomic E-state index is 13.0. The third-order valence-electron chi connectivity index (χ3n) is 6.69. The van der Waals surface area contributed by atoms with Crippen LogP contribution in [0.4, 0.5) is 4.79 Å². The Labute approximate surface area is 222 Å². The van der Waals surface area contributed by atoms with Crippen LogP contribution in [0.2, 0.25) is 0 Å². The maximum atomic E-state index is 13.0. The van der Waals surface area contributed by atoms with E-state index in [1.54, 1.807) is 60.7 Å². The average Bonchev–Trinajstić information content (AvgIpc) is 2.88. The molecular weight excluding hydrogens is 508 g/mol. The second-order valence-corrected chi connectivity index (χ2v) is 11.4. The minimum atomic E-state index is -3.32. The average molecular weight is 541 g/mol. The Bertz CT molecular complexity index is 1430. The molecule has 10 heteroatoms. The van der Waals surface area contributed by atoms with E-state index in [1.165, 1.54) is 22.8 Å². The Hall–Kier alpha value is -3.79. The first-order chi connectivity index (χ1) is 18.1. The maximum Gasteiger partial charge on any atom is 0.415 e. The largest absolute Gasteiger partial charge is 0.497 e. The number of hydrogen-bond donors (Lipinski definition) is 0. The lowest BCUT2D eigenvalue weighted by atomic mass is 9.92. The molecule has 2 heterocycles. The predicted octanol–water partition coefficient (Wildman–Crippen LogP) is 4.46. The van der Waals surface area contributed by atoms with Crippen LogP contribution in [0.1, 0.15) is 33.1 Å². The summed E-state index contributed by atoms with van der Waals surface area (Å²) < 4.78 is 41.8. The van der Waals surface area contributed by atoms with Crippen LogP contribution in [0.3, 0.4) is 0 Å². The molecule has 202 valence electrons. The summed E-state index contributed by atoms with van der Waals surface area (Å²) in [5.41, 5.74) is 0.257. The van der Waals surface area contributed by atoms with Crippen molar-refractivity contribution in [2.75, 3.05) is 13.4 Å². The summed E-state index contributed by atoms with van der Waals surface area (Å²) in [5.74, 6) is 1.57. The van der Waals surface area contributed by atoms with E-state index in [1.807, 2.05) is 13.8 Å². The molecule has 3 aromatic rings. The summed E-state index contributed by atoms with van der Waals surface area (Å²) in [6, 6.07) is 15.9. The Morgan fingerprint density at radius 3 is 2.21 bits per heavy atom. The highest BCUT2D eigenvalue weighted by atomic mass is 32.2. The van der Waals surface area contributed by atoms with E-state index in [0.717, 1.165) is 12.7 Å². The minimum Gasteiger partial charge on any atom is -0.497 e. The van der Waals surface area contributed by atoms with Crippen molar-refractivity contribution in [1.82, 2.24) is 9.47 Å². The molecule has 1 aliphatic rings. The van der Waals surface area contributed by atoms with Crippen molar-refractivity contribution < 1.29 is 27.4 Å². The number of rotatable bonds is 7. The van der Waals surface area contributed by atoms with E-state index in [0.29, 0.717) is 35.8 Å². The van der Waals surface area contributed by atoms with Gasteiger partial charge in [0.1, 0.15) is 23.4 Å². The Morgan fingerprint density at radius 2 is 1.63 bits per heavy atom. The Kier molecular flexibility index (Phi) is 8.11. The molecule has 38 heavy (non-hydrogen) atoms. The van der Waals surface area contributed by atoms with E-state index in [9.17, 15) is 18.0 Å². The number of amides is 1. The van der Waals surface area contributed by atoms with Crippen LogP contribution >= 0.6 is 0 Å². The number of aromatic nitrogens is 1. The standard InChI is InChI=1S/C28H32N2O7S/c1-5-20-17-25(16-19(2)30(20)28(32)37-23-10-8-22(35-3)9-11-23)36-24-14-15-29(27(31)18-24)21-6-12-26(13-7-21)38(4,33)34/h6-15,18-20,25H,5,16-17H2,1-4H3/t19-,20-,25-/m1/s1. The molecule has 0 saturated carbocycles. The molecule has 1 aromatic heterocycles. The summed E-state index contributed by atoms with van der Waals surface area (Å²) >= 11 is 0. The number of sulfone groups is 1. The number of likely N-dealkylation sites (tertiary alicyclic amines) is 1. The van der Waals surface area contributed by atoms with Gasteiger partial charge in [0.15, 0.2) is 9.84 Å². The zero-order valence-corrected chi connectivity index (χ0v) is 22.7. The highest BCUT2D eigenvalue weighted by molar-refractivity contribution is 7.90. The molecule has 2 aromatic carbocycles. The zero-order valence-electron chi connectivity index (χ0n) is 21.9. The fourth-order valence-electron chi connectivity index (χ4n) is 4.75. The fraction of sp³-hybridized carbons (Fsp3) is 0.357. The minimum absolute atomic E-state index is 0.0803. The topological polar surface area (TPSA) is 104 Å². The number of nitrogens with zero attached hydrogens (tertiary/aromatic N) is 2. The number of carbonyl (C=O) groups is 1. The molecule has 1 aliphatic heterocycles. The quantitative estimate of drug-likeness (QED) is 0.436. The van der Waals surface area contributed by atoms with Crippen molar-refractivity contribution in [3.05, 3.63) is 77.2 Å². The SMILES string of the molecule is CC[C@@H]1C[C@H](Oc2ccn(-c3ccc(S(C)(=O)=O)cc3)c(=O)c2)C[C@@H](C)N1C(=O)Oc1ccc(OC)cc1.